The highest BCUT2D eigenvalue weighted by atomic mass is 16.5. The Morgan fingerprint density at radius 3 is 2.68 bits per heavy atom. The van der Waals surface area contributed by atoms with Crippen LogP contribution in [0.4, 0.5) is 0 Å². The summed E-state index contributed by atoms with van der Waals surface area (Å²) in [7, 11) is 0. The van der Waals surface area contributed by atoms with E-state index in [1.807, 2.05) is 6.20 Å². The molecule has 3 heteroatoms. The van der Waals surface area contributed by atoms with Gasteiger partial charge in [-0.25, -0.2) is 4.98 Å². The molecule has 1 aromatic carbocycles. The van der Waals surface area contributed by atoms with Crippen LogP contribution in [0.15, 0.2) is 36.5 Å². The van der Waals surface area contributed by atoms with Crippen LogP contribution in [0.1, 0.15) is 87.5 Å². The molecule has 2 saturated carbocycles. The molecule has 184 valence electrons. The van der Waals surface area contributed by atoms with Crippen LogP contribution in [0, 0.1) is 30.1 Å². The summed E-state index contributed by atoms with van der Waals surface area (Å²) in [6.07, 6.45) is 11.4. The minimum Gasteiger partial charge on any atom is -0.478 e. The zero-order valence-electron chi connectivity index (χ0n) is 21.9. The highest BCUT2D eigenvalue weighted by Gasteiger charge is 2.54. The molecule has 5 atom stereocenters. The third-order valence-electron chi connectivity index (χ3n) is 9.89. The number of rotatable bonds is 8. The number of ether oxygens (including phenoxy) is 1. The molecule has 0 saturated heterocycles. The number of hydrogen-bond acceptors (Lipinski definition) is 3. The van der Waals surface area contributed by atoms with Crippen molar-refractivity contribution in [2.45, 2.75) is 85.1 Å². The van der Waals surface area contributed by atoms with E-state index in [2.05, 4.69) is 67.9 Å². The fourth-order valence-electron chi connectivity index (χ4n) is 7.90. The number of hydrogen-bond donors (Lipinski definition) is 0. The molecule has 3 unspecified atom stereocenters. The van der Waals surface area contributed by atoms with Crippen molar-refractivity contribution in [2.75, 3.05) is 19.7 Å². The molecule has 5 rings (SSSR count). The van der Waals surface area contributed by atoms with E-state index < -0.39 is 0 Å². The third kappa shape index (κ3) is 4.53. The van der Waals surface area contributed by atoms with Crippen LogP contribution in [-0.4, -0.2) is 29.6 Å². The summed E-state index contributed by atoms with van der Waals surface area (Å²) in [5, 5.41) is 0. The van der Waals surface area contributed by atoms with E-state index in [4.69, 9.17) is 4.74 Å². The van der Waals surface area contributed by atoms with Gasteiger partial charge in [-0.2, -0.15) is 0 Å². The van der Waals surface area contributed by atoms with E-state index in [0.29, 0.717) is 5.41 Å². The molecule has 0 spiro atoms. The zero-order chi connectivity index (χ0) is 23.7. The summed E-state index contributed by atoms with van der Waals surface area (Å²) in [6, 6.07) is 11.5. The summed E-state index contributed by atoms with van der Waals surface area (Å²) < 4.78 is 6.14. The largest absolute Gasteiger partial charge is 0.478 e. The van der Waals surface area contributed by atoms with Crippen LogP contribution < -0.4 is 4.74 Å². The zero-order valence-corrected chi connectivity index (χ0v) is 21.9. The smallest absolute Gasteiger partial charge is 0.213 e. The predicted molar refractivity (Wildman–Crippen MR) is 140 cm³/mol. The molecular weight excluding hydrogens is 416 g/mol. The number of aromatic nitrogens is 1. The molecule has 2 aromatic rings. The van der Waals surface area contributed by atoms with Crippen molar-refractivity contribution >= 4 is 0 Å². The van der Waals surface area contributed by atoms with Crippen molar-refractivity contribution in [2.24, 2.45) is 23.2 Å². The van der Waals surface area contributed by atoms with Crippen LogP contribution in [-0.2, 0) is 13.0 Å². The van der Waals surface area contributed by atoms with Crippen LogP contribution in [0.5, 0.6) is 5.88 Å². The average Bonchev–Trinajstić information content (AvgIpc) is 3.19. The molecule has 1 heterocycles. The second-order valence-electron chi connectivity index (χ2n) is 11.5. The quantitative estimate of drug-likeness (QED) is 0.417. The average molecular weight is 461 g/mol. The Morgan fingerprint density at radius 1 is 1.06 bits per heavy atom. The topological polar surface area (TPSA) is 25.4 Å². The molecule has 2 fully saturated rings. The molecule has 0 radical (unpaired) electrons. The van der Waals surface area contributed by atoms with Crippen LogP contribution in [0.3, 0.4) is 0 Å². The summed E-state index contributed by atoms with van der Waals surface area (Å²) >= 11 is 0. The van der Waals surface area contributed by atoms with Crippen molar-refractivity contribution in [1.29, 1.82) is 0 Å². The van der Waals surface area contributed by atoms with Gasteiger partial charge in [0.25, 0.3) is 0 Å². The maximum absolute atomic E-state index is 6.14. The van der Waals surface area contributed by atoms with Crippen LogP contribution in [0.2, 0.25) is 0 Å². The first-order valence-corrected chi connectivity index (χ1v) is 13.9. The van der Waals surface area contributed by atoms with Crippen LogP contribution >= 0.6 is 0 Å². The Hall–Kier alpha value is -1.87. The molecule has 3 aliphatic rings. The lowest BCUT2D eigenvalue weighted by Crippen LogP contribution is -2.42. The fourth-order valence-corrected chi connectivity index (χ4v) is 7.90. The fraction of sp³-hybridized carbons (Fsp3) is 0.645. The van der Waals surface area contributed by atoms with E-state index in [0.717, 1.165) is 55.8 Å². The second kappa shape index (κ2) is 10.0. The van der Waals surface area contributed by atoms with Crippen molar-refractivity contribution in [3.8, 4) is 5.88 Å². The van der Waals surface area contributed by atoms with Crippen molar-refractivity contribution in [3.63, 3.8) is 0 Å². The van der Waals surface area contributed by atoms with Gasteiger partial charge in [-0.05, 0) is 111 Å². The van der Waals surface area contributed by atoms with Gasteiger partial charge in [-0.3, -0.25) is 4.90 Å². The van der Waals surface area contributed by atoms with Gasteiger partial charge in [0.2, 0.25) is 5.88 Å². The molecule has 3 nitrogen and oxygen atoms in total. The second-order valence-corrected chi connectivity index (χ2v) is 11.5. The van der Waals surface area contributed by atoms with Crippen molar-refractivity contribution in [1.82, 2.24) is 9.88 Å². The molecule has 0 bridgehead atoms. The van der Waals surface area contributed by atoms with E-state index >= 15 is 0 Å². The third-order valence-corrected chi connectivity index (χ3v) is 9.89. The number of pyridine rings is 1. The number of benzene rings is 1. The monoisotopic (exact) mass is 460 g/mol. The SMILES string of the molecule is CCN(CC)Cc1ccc(OCC[C@H]2CCC3C4CCc5cc(C)ccc5C4CC[C@@]32C)nc1. The van der Waals surface area contributed by atoms with Gasteiger partial charge >= 0.3 is 0 Å². The molecule has 0 amide bonds. The summed E-state index contributed by atoms with van der Waals surface area (Å²) in [6.45, 7) is 13.2. The summed E-state index contributed by atoms with van der Waals surface area (Å²) in [5.41, 5.74) is 6.51. The van der Waals surface area contributed by atoms with E-state index in [9.17, 15) is 0 Å². The normalized spacial score (nSPS) is 30.0. The molecule has 0 aliphatic heterocycles. The molecule has 34 heavy (non-hydrogen) atoms. The van der Waals surface area contributed by atoms with Crippen LogP contribution in [0.25, 0.3) is 0 Å². The first-order valence-electron chi connectivity index (χ1n) is 13.9. The maximum Gasteiger partial charge on any atom is 0.213 e. The molecular formula is C31H44N2O. The van der Waals surface area contributed by atoms with Crippen molar-refractivity contribution < 1.29 is 4.74 Å². The lowest BCUT2D eigenvalue weighted by Gasteiger charge is -2.51. The van der Waals surface area contributed by atoms with Gasteiger partial charge in [-0.1, -0.05) is 50.6 Å². The standard InChI is InChI=1S/C31H44N2O/c1-5-33(6-2)21-23-8-14-30(32-20-23)34-18-16-25-10-13-29-28-12-9-24-19-22(3)7-11-26(24)27(28)15-17-31(25,29)4/h7-8,11,14,19-20,25,27-29H,5-6,9-10,12-13,15-18,21H2,1-4H3/t25-,27?,28?,29?,31-/m1/s1. The van der Waals surface area contributed by atoms with Gasteiger partial charge in [0.05, 0.1) is 6.61 Å². The van der Waals surface area contributed by atoms with Gasteiger partial charge < -0.3 is 4.74 Å². The van der Waals surface area contributed by atoms with Gasteiger partial charge in [0.1, 0.15) is 0 Å². The van der Waals surface area contributed by atoms with E-state index in [1.165, 1.54) is 56.1 Å². The Balaban J connectivity index is 1.17. The number of nitrogens with zero attached hydrogens (tertiary/aromatic N) is 2. The Morgan fingerprint density at radius 2 is 1.91 bits per heavy atom. The van der Waals surface area contributed by atoms with Gasteiger partial charge in [-0.15, -0.1) is 0 Å². The summed E-state index contributed by atoms with van der Waals surface area (Å²) in [4.78, 5) is 7.01. The molecule has 0 N–H and O–H groups in total. The first kappa shape index (κ1) is 23.9. The lowest BCUT2D eigenvalue weighted by atomic mass is 9.54. The predicted octanol–water partition coefficient (Wildman–Crippen LogP) is 7.17. The number of aryl methyl sites for hydroxylation is 2. The van der Waals surface area contributed by atoms with E-state index in [1.54, 1.807) is 11.1 Å². The number of fused-ring (bicyclic) bond motifs is 5. The lowest BCUT2D eigenvalue weighted by molar-refractivity contribution is 0.0218. The molecule has 3 aliphatic carbocycles. The minimum absolute atomic E-state index is 0.494. The maximum atomic E-state index is 6.14. The van der Waals surface area contributed by atoms with E-state index in [-0.39, 0.29) is 0 Å². The highest BCUT2D eigenvalue weighted by molar-refractivity contribution is 5.37. The molecule has 1 aromatic heterocycles. The Kier molecular flexibility index (Phi) is 7.02. The Labute approximate surface area is 207 Å². The van der Waals surface area contributed by atoms with Gasteiger partial charge in [0.15, 0.2) is 0 Å². The first-order chi connectivity index (χ1) is 16.5. The van der Waals surface area contributed by atoms with Crippen molar-refractivity contribution in [3.05, 3.63) is 58.8 Å². The minimum atomic E-state index is 0.494. The van der Waals surface area contributed by atoms with Gasteiger partial charge in [0, 0.05) is 18.8 Å². The highest BCUT2D eigenvalue weighted by Crippen LogP contribution is 2.63. The summed E-state index contributed by atoms with van der Waals surface area (Å²) in [5.74, 6) is 4.16. The Bertz CT molecular complexity index is 966.